The molecule has 1 aromatic carbocycles. The minimum absolute atomic E-state index is 0.218. The summed E-state index contributed by atoms with van der Waals surface area (Å²) in [5.41, 5.74) is 2.69. The van der Waals surface area contributed by atoms with Gasteiger partial charge in [-0.1, -0.05) is 19.1 Å². The molecule has 3 rings (SSSR count). The molecule has 1 aromatic rings. The topological polar surface area (TPSA) is 33.7 Å². The third-order valence-corrected chi connectivity index (χ3v) is 4.43. The zero-order valence-electron chi connectivity index (χ0n) is 13.1. The van der Waals surface area contributed by atoms with Crippen LogP contribution in [-0.2, 0) is 11.2 Å². The summed E-state index contributed by atoms with van der Waals surface area (Å²) in [6.45, 7) is 6.78. The highest BCUT2D eigenvalue weighted by molar-refractivity contribution is 5.41. The minimum atomic E-state index is 0.218. The minimum Gasteiger partial charge on any atom is -0.493 e. The number of hydrogen-bond acceptors (Lipinski definition) is 4. The number of benzene rings is 1. The molecule has 0 radical (unpaired) electrons. The van der Waals surface area contributed by atoms with Crippen molar-refractivity contribution < 1.29 is 9.47 Å². The molecule has 1 N–H and O–H groups in total. The molecule has 0 aliphatic carbocycles. The maximum Gasteiger partial charge on any atom is 0.122 e. The highest BCUT2D eigenvalue weighted by Gasteiger charge is 2.31. The molecule has 0 amide bonds. The molecule has 4 nitrogen and oxygen atoms in total. The molecular formula is C17H26N2O2. The van der Waals surface area contributed by atoms with Crippen molar-refractivity contribution in [3.63, 3.8) is 0 Å². The van der Waals surface area contributed by atoms with Gasteiger partial charge >= 0.3 is 0 Å². The normalized spacial score (nSPS) is 25.6. The second-order valence-electron chi connectivity index (χ2n) is 6.00. The molecular weight excluding hydrogens is 264 g/mol. The zero-order chi connectivity index (χ0) is 14.7. The molecule has 4 heteroatoms. The Morgan fingerprint density at radius 2 is 2.24 bits per heavy atom. The summed E-state index contributed by atoms with van der Waals surface area (Å²) in [4.78, 5) is 2.42. The first-order chi connectivity index (χ1) is 10.3. The summed E-state index contributed by atoms with van der Waals surface area (Å²) in [5.74, 6) is 1.05. The Balaban J connectivity index is 1.78. The predicted octanol–water partition coefficient (Wildman–Crippen LogP) is 1.99. The van der Waals surface area contributed by atoms with E-state index in [1.807, 2.05) is 0 Å². The fraction of sp³-hybridized carbons (Fsp3) is 0.647. The van der Waals surface area contributed by atoms with Crippen LogP contribution in [-0.4, -0.2) is 50.9 Å². The van der Waals surface area contributed by atoms with Crippen LogP contribution in [0.25, 0.3) is 0 Å². The molecule has 2 atom stereocenters. The van der Waals surface area contributed by atoms with Gasteiger partial charge in [0.1, 0.15) is 5.75 Å². The van der Waals surface area contributed by atoms with Crippen LogP contribution in [0.3, 0.4) is 0 Å². The lowest BCUT2D eigenvalue weighted by atomic mass is 9.96. The van der Waals surface area contributed by atoms with Crippen LogP contribution >= 0.6 is 0 Å². The van der Waals surface area contributed by atoms with Gasteiger partial charge in [0.2, 0.25) is 0 Å². The molecule has 2 aliphatic heterocycles. The first-order valence-corrected chi connectivity index (χ1v) is 8.07. The van der Waals surface area contributed by atoms with E-state index >= 15 is 0 Å². The monoisotopic (exact) mass is 290 g/mol. The lowest BCUT2D eigenvalue weighted by Gasteiger charge is -2.39. The van der Waals surface area contributed by atoms with Crippen LogP contribution in [0.4, 0.5) is 0 Å². The van der Waals surface area contributed by atoms with Crippen molar-refractivity contribution in [3.8, 4) is 5.75 Å². The smallest absolute Gasteiger partial charge is 0.122 e. The number of rotatable bonds is 5. The lowest BCUT2D eigenvalue weighted by Crippen LogP contribution is -2.47. The Morgan fingerprint density at radius 1 is 1.33 bits per heavy atom. The number of hydrogen-bond donors (Lipinski definition) is 1. The quantitative estimate of drug-likeness (QED) is 0.841. The first-order valence-electron chi connectivity index (χ1n) is 8.07. The predicted molar refractivity (Wildman–Crippen MR) is 83.9 cm³/mol. The van der Waals surface area contributed by atoms with Crippen LogP contribution in [0.5, 0.6) is 5.75 Å². The van der Waals surface area contributed by atoms with Crippen molar-refractivity contribution in [1.82, 2.24) is 10.2 Å². The molecule has 2 unspecified atom stereocenters. The summed E-state index contributed by atoms with van der Waals surface area (Å²) in [6.07, 6.45) is 2.40. The standard InChI is InChI=1S/C17H26N2O2/c1-3-7-18-12-16-17(19(2)8-10-21-16)14-4-5-15-13(11-14)6-9-20-15/h4-5,11,16-18H,3,6-10,12H2,1-2H3. The third kappa shape index (κ3) is 3.23. The number of fused-ring (bicyclic) bond motifs is 1. The molecule has 2 heterocycles. The molecule has 0 saturated carbocycles. The highest BCUT2D eigenvalue weighted by atomic mass is 16.5. The van der Waals surface area contributed by atoms with Crippen molar-refractivity contribution in [1.29, 1.82) is 0 Å². The number of morpholine rings is 1. The van der Waals surface area contributed by atoms with Crippen LogP contribution in [0.15, 0.2) is 18.2 Å². The Morgan fingerprint density at radius 3 is 3.10 bits per heavy atom. The summed E-state index contributed by atoms with van der Waals surface area (Å²) in [5, 5.41) is 3.50. The van der Waals surface area contributed by atoms with E-state index in [1.54, 1.807) is 0 Å². The van der Waals surface area contributed by atoms with Gasteiger partial charge in [0.05, 0.1) is 25.4 Å². The summed E-state index contributed by atoms with van der Waals surface area (Å²) in [6, 6.07) is 6.96. The molecule has 2 aliphatic rings. The van der Waals surface area contributed by atoms with Gasteiger partial charge < -0.3 is 14.8 Å². The SMILES string of the molecule is CCCNCC1OCCN(C)C1c1ccc2c(c1)CCO2. The fourth-order valence-corrected chi connectivity index (χ4v) is 3.31. The van der Waals surface area contributed by atoms with Gasteiger partial charge in [-0.3, -0.25) is 4.90 Å². The van der Waals surface area contributed by atoms with Crippen molar-refractivity contribution in [3.05, 3.63) is 29.3 Å². The Labute approximate surface area is 127 Å². The van der Waals surface area contributed by atoms with E-state index in [4.69, 9.17) is 9.47 Å². The molecule has 0 bridgehead atoms. The second-order valence-corrected chi connectivity index (χ2v) is 6.00. The maximum atomic E-state index is 6.05. The maximum absolute atomic E-state index is 6.05. The summed E-state index contributed by atoms with van der Waals surface area (Å²) < 4.78 is 11.7. The molecule has 1 saturated heterocycles. The average Bonchev–Trinajstić information content (AvgIpc) is 2.95. The first kappa shape index (κ1) is 14.8. The van der Waals surface area contributed by atoms with Crippen LogP contribution in [0.1, 0.15) is 30.5 Å². The van der Waals surface area contributed by atoms with Gasteiger partial charge in [0.15, 0.2) is 0 Å². The Kier molecular flexibility index (Phi) is 4.78. The number of nitrogens with one attached hydrogen (secondary N) is 1. The van der Waals surface area contributed by atoms with E-state index in [1.165, 1.54) is 11.1 Å². The summed E-state index contributed by atoms with van der Waals surface area (Å²) >= 11 is 0. The van der Waals surface area contributed by atoms with Crippen molar-refractivity contribution in [2.24, 2.45) is 0 Å². The fourth-order valence-electron chi connectivity index (χ4n) is 3.31. The molecule has 116 valence electrons. The van der Waals surface area contributed by atoms with Crippen LogP contribution in [0, 0.1) is 0 Å². The molecule has 0 spiro atoms. The van der Waals surface area contributed by atoms with Gasteiger partial charge in [-0.2, -0.15) is 0 Å². The van der Waals surface area contributed by atoms with E-state index in [0.29, 0.717) is 6.04 Å². The van der Waals surface area contributed by atoms with E-state index in [2.05, 4.69) is 42.4 Å². The third-order valence-electron chi connectivity index (χ3n) is 4.43. The zero-order valence-corrected chi connectivity index (χ0v) is 13.1. The van der Waals surface area contributed by atoms with Gasteiger partial charge in [-0.25, -0.2) is 0 Å². The lowest BCUT2D eigenvalue weighted by molar-refractivity contribution is -0.0612. The second kappa shape index (κ2) is 6.77. The van der Waals surface area contributed by atoms with Crippen LogP contribution in [0.2, 0.25) is 0 Å². The van der Waals surface area contributed by atoms with Crippen molar-refractivity contribution >= 4 is 0 Å². The number of nitrogens with zero attached hydrogens (tertiary/aromatic N) is 1. The van der Waals surface area contributed by atoms with Crippen molar-refractivity contribution in [2.75, 3.05) is 39.9 Å². The van der Waals surface area contributed by atoms with Gasteiger partial charge in [0.25, 0.3) is 0 Å². The van der Waals surface area contributed by atoms with Gasteiger partial charge in [-0.15, -0.1) is 0 Å². The summed E-state index contributed by atoms with van der Waals surface area (Å²) in [7, 11) is 2.20. The van der Waals surface area contributed by atoms with E-state index in [-0.39, 0.29) is 6.10 Å². The molecule has 1 fully saturated rings. The number of likely N-dealkylation sites (N-methyl/N-ethyl adjacent to an activating group) is 1. The van der Waals surface area contributed by atoms with Gasteiger partial charge in [-0.05, 0) is 37.2 Å². The van der Waals surface area contributed by atoms with Crippen molar-refractivity contribution in [2.45, 2.75) is 31.9 Å². The largest absolute Gasteiger partial charge is 0.493 e. The van der Waals surface area contributed by atoms with Crippen LogP contribution < -0.4 is 10.1 Å². The van der Waals surface area contributed by atoms with E-state index in [9.17, 15) is 0 Å². The molecule has 0 aromatic heterocycles. The van der Waals surface area contributed by atoms with Gasteiger partial charge in [0, 0.05) is 19.5 Å². The number of ether oxygens (including phenoxy) is 2. The van der Waals surface area contributed by atoms with E-state index < -0.39 is 0 Å². The molecule has 21 heavy (non-hydrogen) atoms. The highest BCUT2D eigenvalue weighted by Crippen LogP contribution is 2.33. The average molecular weight is 290 g/mol. The Bertz CT molecular complexity index is 478. The van der Waals surface area contributed by atoms with E-state index in [0.717, 1.165) is 51.4 Å². The Hall–Kier alpha value is -1.10.